The number of carbonyl (C=O) groups excluding carboxylic acids is 1. The Morgan fingerprint density at radius 3 is 2.82 bits per heavy atom. The fraction of sp³-hybridized carbons (Fsp3) is 0.241. The van der Waals surface area contributed by atoms with E-state index in [0.717, 1.165) is 19.4 Å². The zero-order valence-corrected chi connectivity index (χ0v) is 21.7. The van der Waals surface area contributed by atoms with E-state index in [-0.39, 0.29) is 24.3 Å². The van der Waals surface area contributed by atoms with Crippen LogP contribution in [0.2, 0.25) is 0 Å². The highest BCUT2D eigenvalue weighted by atomic mass is 19.1. The van der Waals surface area contributed by atoms with Crippen LogP contribution in [0.15, 0.2) is 73.2 Å². The van der Waals surface area contributed by atoms with E-state index in [4.69, 9.17) is 9.47 Å². The molecule has 10 heteroatoms. The summed E-state index contributed by atoms with van der Waals surface area (Å²) in [6.45, 7) is 1.18. The second-order valence-corrected chi connectivity index (χ2v) is 9.18. The van der Waals surface area contributed by atoms with Crippen LogP contribution in [0.4, 0.5) is 21.6 Å². The van der Waals surface area contributed by atoms with E-state index in [1.165, 1.54) is 19.5 Å². The van der Waals surface area contributed by atoms with Crippen LogP contribution >= 0.6 is 0 Å². The lowest BCUT2D eigenvalue weighted by Crippen LogP contribution is -2.23. The van der Waals surface area contributed by atoms with Crippen LogP contribution in [0, 0.1) is 5.82 Å². The smallest absolute Gasteiger partial charge is 0.248 e. The van der Waals surface area contributed by atoms with Crippen LogP contribution in [0.3, 0.4) is 0 Å². The molecule has 9 nitrogen and oxygen atoms in total. The van der Waals surface area contributed by atoms with Gasteiger partial charge >= 0.3 is 0 Å². The van der Waals surface area contributed by atoms with Crippen LogP contribution in [0.5, 0.6) is 11.5 Å². The standard InChI is InChI=1S/C29H29FN6O3/c1-36-15-5-7-21(36)9-13-26(37)35-24-11-10-23-27(28(24)38-2)29(33-18-32-23)34-19-8-12-25(22(30)16-19)39-17-20-6-3-4-14-31-20/h3-4,6,8-14,16,18,21H,5,7,15,17H2,1-2H3,(H,35,37)(H,32,33,34)/b13-9+/t21-/m1/s1. The van der Waals surface area contributed by atoms with E-state index < -0.39 is 5.82 Å². The molecular weight excluding hydrogens is 499 g/mol. The molecule has 1 fully saturated rings. The Morgan fingerprint density at radius 2 is 2.08 bits per heavy atom. The minimum Gasteiger partial charge on any atom is -0.494 e. The van der Waals surface area contributed by atoms with Crippen LogP contribution in [0.1, 0.15) is 18.5 Å². The fourth-order valence-corrected chi connectivity index (χ4v) is 4.55. The summed E-state index contributed by atoms with van der Waals surface area (Å²) in [6, 6.07) is 13.8. The maximum Gasteiger partial charge on any atom is 0.248 e. The van der Waals surface area contributed by atoms with Crippen LogP contribution in [-0.4, -0.2) is 52.5 Å². The van der Waals surface area contributed by atoms with Crippen molar-refractivity contribution in [1.29, 1.82) is 0 Å². The predicted octanol–water partition coefficient (Wildman–Crippen LogP) is 5.08. The van der Waals surface area contributed by atoms with Gasteiger partial charge in [0.25, 0.3) is 0 Å². The van der Waals surface area contributed by atoms with E-state index in [1.54, 1.807) is 42.6 Å². The lowest BCUT2D eigenvalue weighted by molar-refractivity contribution is -0.111. The minimum atomic E-state index is -0.533. The highest BCUT2D eigenvalue weighted by Gasteiger charge is 2.19. The lowest BCUT2D eigenvalue weighted by Gasteiger charge is -2.16. The van der Waals surface area contributed by atoms with Crippen molar-refractivity contribution in [2.75, 3.05) is 31.3 Å². The number of amides is 1. The summed E-state index contributed by atoms with van der Waals surface area (Å²) in [5, 5.41) is 6.58. The number of rotatable bonds is 9. The average molecular weight is 529 g/mol. The summed E-state index contributed by atoms with van der Waals surface area (Å²) in [7, 11) is 3.56. The number of carbonyl (C=O) groups is 1. The first-order valence-electron chi connectivity index (χ1n) is 12.6. The van der Waals surface area contributed by atoms with Gasteiger partial charge in [-0.2, -0.15) is 0 Å². The third-order valence-corrected chi connectivity index (χ3v) is 6.56. The van der Waals surface area contributed by atoms with Crippen LogP contribution < -0.4 is 20.1 Å². The molecule has 3 heterocycles. The number of nitrogens with one attached hydrogen (secondary N) is 2. The highest BCUT2D eigenvalue weighted by molar-refractivity contribution is 6.06. The number of likely N-dealkylation sites (N-methyl/N-ethyl adjacent to an activating group) is 1. The van der Waals surface area contributed by atoms with Crippen molar-refractivity contribution in [3.63, 3.8) is 0 Å². The molecule has 200 valence electrons. The molecule has 1 atom stereocenters. The molecule has 1 saturated heterocycles. The largest absolute Gasteiger partial charge is 0.494 e. The molecule has 39 heavy (non-hydrogen) atoms. The molecule has 0 aliphatic carbocycles. The molecule has 0 bridgehead atoms. The van der Waals surface area contributed by atoms with E-state index >= 15 is 0 Å². The SMILES string of the molecule is COc1c(NC(=O)/C=C/[C@H]2CCCN2C)ccc2ncnc(Nc3ccc(OCc4ccccn4)c(F)c3)c12. The molecular formula is C29H29FN6O3. The summed E-state index contributed by atoms with van der Waals surface area (Å²) in [5.41, 5.74) is 2.23. The Hall–Kier alpha value is -4.57. The van der Waals surface area contributed by atoms with Gasteiger partial charge in [-0.3, -0.25) is 14.7 Å². The number of nitrogens with zero attached hydrogens (tertiary/aromatic N) is 4. The van der Waals surface area contributed by atoms with Crippen molar-refractivity contribution in [1.82, 2.24) is 19.9 Å². The molecule has 2 N–H and O–H groups in total. The third kappa shape index (κ3) is 6.12. The maximum atomic E-state index is 14.8. The number of anilines is 3. The average Bonchev–Trinajstić information content (AvgIpc) is 3.36. The molecule has 2 aromatic heterocycles. The highest BCUT2D eigenvalue weighted by Crippen LogP contribution is 2.38. The Kier molecular flexibility index (Phi) is 7.93. The number of pyridine rings is 1. The molecule has 2 aromatic carbocycles. The Balaban J connectivity index is 1.35. The van der Waals surface area contributed by atoms with Crippen molar-refractivity contribution >= 4 is 34.0 Å². The van der Waals surface area contributed by atoms with Gasteiger partial charge in [-0.1, -0.05) is 12.1 Å². The predicted molar refractivity (Wildman–Crippen MR) is 148 cm³/mol. The first-order valence-corrected chi connectivity index (χ1v) is 12.6. The van der Waals surface area contributed by atoms with Crippen molar-refractivity contribution < 1.29 is 18.7 Å². The molecule has 1 aliphatic rings. The quantitative estimate of drug-likeness (QED) is 0.290. The Labute approximate surface area is 225 Å². The second-order valence-electron chi connectivity index (χ2n) is 9.18. The normalized spacial score (nSPS) is 15.5. The molecule has 4 aromatic rings. The molecule has 0 unspecified atom stereocenters. The van der Waals surface area contributed by atoms with Gasteiger partial charge in [-0.05, 0) is 62.8 Å². The maximum absolute atomic E-state index is 14.8. The number of hydrogen-bond donors (Lipinski definition) is 2. The first kappa shape index (κ1) is 26.1. The fourth-order valence-electron chi connectivity index (χ4n) is 4.55. The molecule has 0 radical (unpaired) electrons. The summed E-state index contributed by atoms with van der Waals surface area (Å²) in [5.74, 6) is 0.110. The van der Waals surface area contributed by atoms with Gasteiger partial charge in [-0.25, -0.2) is 14.4 Å². The minimum absolute atomic E-state index is 0.109. The Morgan fingerprint density at radius 1 is 1.18 bits per heavy atom. The van der Waals surface area contributed by atoms with Gasteiger partial charge in [0.1, 0.15) is 18.8 Å². The van der Waals surface area contributed by atoms with Gasteiger partial charge in [0.15, 0.2) is 17.3 Å². The number of fused-ring (bicyclic) bond motifs is 1. The molecule has 0 spiro atoms. The third-order valence-electron chi connectivity index (χ3n) is 6.56. The van der Waals surface area contributed by atoms with E-state index in [1.807, 2.05) is 18.2 Å². The zero-order chi connectivity index (χ0) is 27.2. The number of likely N-dealkylation sites (tertiary alicyclic amines) is 1. The zero-order valence-electron chi connectivity index (χ0n) is 21.7. The van der Waals surface area contributed by atoms with E-state index in [2.05, 4.69) is 37.5 Å². The number of methoxy groups -OCH3 is 1. The topological polar surface area (TPSA) is 102 Å². The lowest BCUT2D eigenvalue weighted by atomic mass is 10.1. The van der Waals surface area contributed by atoms with E-state index in [0.29, 0.717) is 39.5 Å². The summed E-state index contributed by atoms with van der Waals surface area (Å²) in [4.78, 5) is 27.8. The summed E-state index contributed by atoms with van der Waals surface area (Å²) in [6.07, 6.45) is 8.69. The van der Waals surface area contributed by atoms with Gasteiger partial charge in [-0.15, -0.1) is 0 Å². The van der Waals surface area contributed by atoms with Crippen molar-refractivity contribution in [3.05, 3.63) is 84.7 Å². The molecule has 0 saturated carbocycles. The van der Waals surface area contributed by atoms with Crippen molar-refractivity contribution in [2.45, 2.75) is 25.5 Å². The van der Waals surface area contributed by atoms with Crippen molar-refractivity contribution in [3.8, 4) is 11.5 Å². The van der Waals surface area contributed by atoms with Crippen LogP contribution in [-0.2, 0) is 11.4 Å². The Bertz CT molecular complexity index is 1500. The number of hydrogen-bond acceptors (Lipinski definition) is 8. The molecule has 5 rings (SSSR count). The number of aromatic nitrogens is 3. The number of ether oxygens (including phenoxy) is 2. The summed E-state index contributed by atoms with van der Waals surface area (Å²) >= 11 is 0. The second kappa shape index (κ2) is 11.9. The van der Waals surface area contributed by atoms with Gasteiger partial charge in [0.05, 0.1) is 29.4 Å². The van der Waals surface area contributed by atoms with Crippen molar-refractivity contribution in [2.24, 2.45) is 0 Å². The van der Waals surface area contributed by atoms with Gasteiger partial charge < -0.3 is 20.1 Å². The molecule has 1 aliphatic heterocycles. The number of halogens is 1. The van der Waals surface area contributed by atoms with Crippen LogP contribution in [0.25, 0.3) is 10.9 Å². The van der Waals surface area contributed by atoms with E-state index in [9.17, 15) is 9.18 Å². The monoisotopic (exact) mass is 528 g/mol. The number of benzene rings is 2. The summed E-state index contributed by atoms with van der Waals surface area (Å²) < 4.78 is 26.1. The molecule has 1 amide bonds. The first-order chi connectivity index (χ1) is 19.0. The van der Waals surface area contributed by atoms with Gasteiger partial charge in [0.2, 0.25) is 5.91 Å². The van der Waals surface area contributed by atoms with Gasteiger partial charge in [0, 0.05) is 30.1 Å².